The Hall–Kier alpha value is -4.47. The van der Waals surface area contributed by atoms with Crippen molar-refractivity contribution in [1.82, 2.24) is 20.1 Å². The van der Waals surface area contributed by atoms with Crippen LogP contribution in [0.3, 0.4) is 0 Å². The molecule has 10 heteroatoms. The van der Waals surface area contributed by atoms with E-state index in [9.17, 15) is 14.4 Å². The summed E-state index contributed by atoms with van der Waals surface area (Å²) in [7, 11) is 1.89. The molecule has 0 saturated carbocycles. The Morgan fingerprint density at radius 1 is 1.10 bits per heavy atom. The fourth-order valence-corrected chi connectivity index (χ4v) is 3.46. The third-order valence-corrected chi connectivity index (χ3v) is 5.34. The van der Waals surface area contributed by atoms with E-state index in [4.69, 9.17) is 5.11 Å². The van der Waals surface area contributed by atoms with Crippen molar-refractivity contribution >= 4 is 37.2 Å². The van der Waals surface area contributed by atoms with Gasteiger partial charge in [-0.25, -0.2) is 4.99 Å². The molecule has 0 bridgehead atoms. The van der Waals surface area contributed by atoms with E-state index in [1.54, 1.807) is 24.5 Å². The van der Waals surface area contributed by atoms with E-state index in [2.05, 4.69) is 20.6 Å². The van der Waals surface area contributed by atoms with Gasteiger partial charge in [-0.15, -0.1) is 0 Å². The van der Waals surface area contributed by atoms with Gasteiger partial charge in [-0.1, -0.05) is 51.9 Å². The molecule has 1 aromatic carbocycles. The minimum absolute atomic E-state index is 0.0156. The first kappa shape index (κ1) is 33.6. The van der Waals surface area contributed by atoms with Gasteiger partial charge in [-0.3, -0.25) is 19.4 Å². The highest BCUT2D eigenvalue weighted by molar-refractivity contribution is 6.31. The number of pyridine rings is 1. The lowest BCUT2D eigenvalue weighted by Crippen LogP contribution is -2.22. The highest BCUT2D eigenvalue weighted by Gasteiger charge is 2.08. The average molecular weight is 544 g/mol. The van der Waals surface area contributed by atoms with Crippen LogP contribution in [-0.4, -0.2) is 52.7 Å². The van der Waals surface area contributed by atoms with Gasteiger partial charge in [-0.05, 0) is 55.4 Å². The summed E-state index contributed by atoms with van der Waals surface area (Å²) in [5.74, 6) is -0.340. The Morgan fingerprint density at radius 2 is 1.82 bits per heavy atom. The van der Waals surface area contributed by atoms with Gasteiger partial charge in [0.25, 0.3) is 5.91 Å². The maximum absolute atomic E-state index is 11.2. The lowest BCUT2D eigenvalue weighted by Gasteiger charge is -2.09. The summed E-state index contributed by atoms with van der Waals surface area (Å²) in [4.78, 5) is 41.4. The Bertz CT molecular complexity index is 1300. The van der Waals surface area contributed by atoms with Gasteiger partial charge in [0.15, 0.2) is 0 Å². The Morgan fingerprint density at radius 3 is 2.40 bits per heavy atom. The summed E-state index contributed by atoms with van der Waals surface area (Å²) < 4.78 is 1.85. The molecule has 0 aliphatic heterocycles. The molecule has 0 fully saturated rings. The molecule has 3 N–H and O–H groups in total. The second kappa shape index (κ2) is 18.7. The summed E-state index contributed by atoms with van der Waals surface area (Å²) >= 11 is 0. The number of carbonyl (C=O) groups is 3. The molecule has 0 atom stereocenters. The van der Waals surface area contributed by atoms with Gasteiger partial charge in [0, 0.05) is 30.9 Å². The molecule has 2 heterocycles. The van der Waals surface area contributed by atoms with E-state index in [-0.39, 0.29) is 12.3 Å². The quantitative estimate of drug-likeness (QED) is 0.142. The van der Waals surface area contributed by atoms with Crippen LogP contribution in [0.25, 0.3) is 16.8 Å². The van der Waals surface area contributed by atoms with E-state index in [1.165, 1.54) is 0 Å². The van der Waals surface area contributed by atoms with Crippen LogP contribution in [0, 0.1) is 0 Å². The van der Waals surface area contributed by atoms with Crippen LogP contribution in [0.15, 0.2) is 72.1 Å². The summed E-state index contributed by atoms with van der Waals surface area (Å²) in [5, 5.41) is 14.3. The fourth-order valence-electron chi connectivity index (χ4n) is 3.46. The van der Waals surface area contributed by atoms with Crippen LogP contribution in [-0.2, 0) is 16.0 Å². The van der Waals surface area contributed by atoms with Gasteiger partial charge >= 0.3 is 5.97 Å². The molecule has 0 unspecified atom stereocenters. The number of carboxylic acid groups (broad SMARTS) is 1. The van der Waals surface area contributed by atoms with Crippen molar-refractivity contribution in [1.29, 1.82) is 0 Å². The van der Waals surface area contributed by atoms with Crippen LogP contribution < -0.4 is 10.6 Å². The van der Waals surface area contributed by atoms with Gasteiger partial charge in [-0.2, -0.15) is 0 Å². The van der Waals surface area contributed by atoms with E-state index >= 15 is 0 Å². The SMILES string of the molecule is C/C=C(\N=C(CC)NC=O)c1cccc(-c2ccnc(CC(=O)O)c2)c1.CC.C[B]n1ccc(C(=O)NCC)c1. The molecule has 2 aromatic heterocycles. The molecule has 0 saturated heterocycles. The number of nitrogens with zero attached hydrogens (tertiary/aromatic N) is 3. The number of aromatic nitrogens is 2. The minimum Gasteiger partial charge on any atom is -0.481 e. The highest BCUT2D eigenvalue weighted by Crippen LogP contribution is 2.25. The minimum atomic E-state index is -0.913. The second-order valence-corrected chi connectivity index (χ2v) is 8.00. The van der Waals surface area contributed by atoms with Crippen molar-refractivity contribution in [2.45, 2.75) is 54.3 Å². The van der Waals surface area contributed by atoms with Crippen molar-refractivity contribution in [3.05, 3.63) is 84.0 Å². The third kappa shape index (κ3) is 11.1. The molecular weight excluding hydrogens is 505 g/mol. The van der Waals surface area contributed by atoms with Crippen molar-refractivity contribution in [2.24, 2.45) is 4.99 Å². The average Bonchev–Trinajstić information content (AvgIpc) is 3.46. The highest BCUT2D eigenvalue weighted by atomic mass is 16.4. The monoisotopic (exact) mass is 544 g/mol. The van der Waals surface area contributed by atoms with Gasteiger partial charge in [0.05, 0.1) is 23.4 Å². The normalized spacial score (nSPS) is 10.8. The zero-order chi connectivity index (χ0) is 29.9. The van der Waals surface area contributed by atoms with E-state index in [0.717, 1.165) is 22.4 Å². The Kier molecular flexibility index (Phi) is 15.7. The third-order valence-electron chi connectivity index (χ3n) is 5.34. The molecular formula is C30H39BN5O4. The number of carboxylic acids is 1. The number of carbonyl (C=O) groups excluding carboxylic acids is 2. The number of hydrogen-bond donors (Lipinski definition) is 3. The van der Waals surface area contributed by atoms with Gasteiger partial charge in [0.2, 0.25) is 13.8 Å². The Labute approximate surface area is 237 Å². The van der Waals surface area contributed by atoms with Crippen molar-refractivity contribution < 1.29 is 19.5 Å². The van der Waals surface area contributed by atoms with Crippen LogP contribution in [0.2, 0.25) is 6.82 Å². The summed E-state index contributed by atoms with van der Waals surface area (Å²) in [6.45, 7) is 12.3. The number of rotatable bonds is 10. The molecule has 3 aromatic rings. The molecule has 0 aliphatic rings. The fraction of sp³-hybridized carbons (Fsp3) is 0.300. The van der Waals surface area contributed by atoms with Gasteiger partial charge < -0.3 is 20.2 Å². The van der Waals surface area contributed by atoms with Gasteiger partial charge in [0.1, 0.15) is 5.84 Å². The first-order valence-corrected chi connectivity index (χ1v) is 13.3. The molecule has 1 radical (unpaired) electrons. The van der Waals surface area contributed by atoms with Crippen molar-refractivity contribution in [2.75, 3.05) is 6.54 Å². The first-order valence-electron chi connectivity index (χ1n) is 13.3. The molecule has 0 aliphatic carbocycles. The first-order chi connectivity index (χ1) is 19.3. The van der Waals surface area contributed by atoms with Crippen LogP contribution >= 0.6 is 0 Å². The number of aliphatic imine (C=N–C) groups is 1. The number of nitrogens with one attached hydrogen (secondary N) is 2. The van der Waals surface area contributed by atoms with Crippen LogP contribution in [0.1, 0.15) is 62.7 Å². The molecule has 3 rings (SSSR count). The van der Waals surface area contributed by atoms with Crippen molar-refractivity contribution in [3.8, 4) is 11.1 Å². The number of allylic oxidation sites excluding steroid dienone is 1. The molecule has 40 heavy (non-hydrogen) atoms. The number of aliphatic carboxylic acids is 1. The largest absolute Gasteiger partial charge is 0.481 e. The predicted octanol–water partition coefficient (Wildman–Crippen LogP) is 5.07. The molecule has 211 valence electrons. The summed E-state index contributed by atoms with van der Waals surface area (Å²) in [6.07, 6.45) is 8.25. The molecule has 2 amide bonds. The lowest BCUT2D eigenvalue weighted by molar-refractivity contribution is -0.136. The second-order valence-electron chi connectivity index (χ2n) is 8.00. The van der Waals surface area contributed by atoms with E-state index in [0.29, 0.717) is 36.5 Å². The molecule has 0 spiro atoms. The number of amidine groups is 1. The molecule has 9 nitrogen and oxygen atoms in total. The Balaban J connectivity index is 0.000000477. The standard InChI is InChI=1S/C20H21N3O3.C8H12BN2O.C2H6/c1-3-18(23-19(4-2)22-13-24)16-7-5-6-14(10-16)15-8-9-21-17(11-15)12-20(25)26;1-3-10-8(12)7-4-5-11(6-7)9-2;1-2/h3,5-11,13H,4,12H2,1-2H3,(H,25,26)(H,22,23,24);4-6H,3H2,1-2H3,(H,10,12);1-2H3/b18-3-;;. The topological polar surface area (TPSA) is 126 Å². The zero-order valence-electron chi connectivity index (χ0n) is 24.1. The summed E-state index contributed by atoms with van der Waals surface area (Å²) in [6, 6.07) is 13.2. The maximum Gasteiger partial charge on any atom is 0.309 e. The number of benzene rings is 1. The maximum atomic E-state index is 11.2. The van der Waals surface area contributed by atoms with E-state index in [1.807, 2.05) is 95.9 Å². The van der Waals surface area contributed by atoms with Crippen LogP contribution in [0.4, 0.5) is 0 Å². The van der Waals surface area contributed by atoms with Crippen molar-refractivity contribution in [3.63, 3.8) is 0 Å². The number of amides is 2. The van der Waals surface area contributed by atoms with Crippen LogP contribution in [0.5, 0.6) is 0 Å². The number of hydrogen-bond acceptors (Lipinski definition) is 5. The summed E-state index contributed by atoms with van der Waals surface area (Å²) in [5.41, 5.74) is 4.69. The lowest BCUT2D eigenvalue weighted by atomic mass is 10.0. The zero-order valence-corrected chi connectivity index (χ0v) is 24.1. The van der Waals surface area contributed by atoms with E-state index < -0.39 is 5.97 Å². The predicted molar refractivity (Wildman–Crippen MR) is 162 cm³/mol. The smallest absolute Gasteiger partial charge is 0.309 e.